The molecule has 2 atom stereocenters. The number of nitrogens with zero attached hydrogens (tertiary/aromatic N) is 10. The van der Waals surface area contributed by atoms with Crippen LogP contribution in [0.15, 0.2) is 183 Å². The summed E-state index contributed by atoms with van der Waals surface area (Å²) >= 11 is 0. The number of fused-ring (bicyclic) bond motifs is 8. The molecule has 8 aromatic heterocycles. The van der Waals surface area contributed by atoms with E-state index in [1.54, 1.807) is 29.6 Å². The number of benzene rings is 4. The highest BCUT2D eigenvalue weighted by molar-refractivity contribution is 6.08. The Morgan fingerprint density at radius 3 is 1.91 bits per heavy atom. The molecular formula is C54H36N10O4. The predicted molar refractivity (Wildman–Crippen MR) is 256 cm³/mol. The van der Waals surface area contributed by atoms with E-state index in [0.717, 1.165) is 95.4 Å². The molecule has 0 saturated carbocycles. The van der Waals surface area contributed by atoms with E-state index in [0.29, 0.717) is 30.0 Å². The van der Waals surface area contributed by atoms with Gasteiger partial charge in [-0.1, -0.05) is 36.4 Å². The minimum Gasteiger partial charge on any atom is -0.455 e. The van der Waals surface area contributed by atoms with Crippen LogP contribution in [0.4, 0.5) is 0 Å². The summed E-state index contributed by atoms with van der Waals surface area (Å²) in [5.41, 5.74) is 11.8. The molecule has 0 bridgehead atoms. The predicted octanol–water partition coefficient (Wildman–Crippen LogP) is 10.2. The Kier molecular flexibility index (Phi) is 8.46. The highest BCUT2D eigenvalue weighted by Gasteiger charge is 2.32. The van der Waals surface area contributed by atoms with Gasteiger partial charge in [0.1, 0.15) is 33.9 Å². The van der Waals surface area contributed by atoms with Crippen molar-refractivity contribution < 1.29 is 18.9 Å². The van der Waals surface area contributed by atoms with E-state index in [-0.39, 0.29) is 0 Å². The summed E-state index contributed by atoms with van der Waals surface area (Å²) in [7, 11) is 0. The van der Waals surface area contributed by atoms with Crippen molar-refractivity contribution >= 4 is 44.0 Å². The zero-order valence-corrected chi connectivity index (χ0v) is 36.0. The molecular weight excluding hydrogens is 853 g/mol. The molecule has 2 aliphatic rings. The van der Waals surface area contributed by atoms with Crippen LogP contribution in [0.3, 0.4) is 0 Å². The van der Waals surface area contributed by atoms with Crippen molar-refractivity contribution in [1.29, 1.82) is 0 Å². The fourth-order valence-electron chi connectivity index (χ4n) is 9.73. The quantitative estimate of drug-likeness (QED) is 0.138. The van der Waals surface area contributed by atoms with Gasteiger partial charge in [-0.25, -0.2) is 15.0 Å². The van der Waals surface area contributed by atoms with Gasteiger partial charge in [-0.2, -0.15) is 10.2 Å². The molecule has 2 unspecified atom stereocenters. The van der Waals surface area contributed by atoms with Gasteiger partial charge in [-0.3, -0.25) is 14.1 Å². The second-order valence-electron chi connectivity index (χ2n) is 16.7. The zero-order valence-electron chi connectivity index (χ0n) is 36.0. The van der Waals surface area contributed by atoms with E-state index in [1.807, 2.05) is 109 Å². The third-order valence-corrected chi connectivity index (χ3v) is 12.7. The minimum atomic E-state index is -0.588. The number of pyridine rings is 4. The number of hydrogen-bond acceptors (Lipinski definition) is 10. The molecule has 0 spiro atoms. The van der Waals surface area contributed by atoms with Crippen LogP contribution in [0.5, 0.6) is 23.1 Å². The SMILES string of the molecule is c1ccc(-n2c(-c3ccc4c(n3)c3nc(OC5Cc6cc7c(cc6O5)CC(Oc5ccc6c(c5)c5cccnc5n6-c5ccncc5)O7)ccc3n4-c3ccccc3)ccc2-n2nccn2)cc1. The number of ether oxygens (including phenoxy) is 4. The summed E-state index contributed by atoms with van der Waals surface area (Å²) < 4.78 is 32.3. The van der Waals surface area contributed by atoms with Crippen molar-refractivity contribution in [2.75, 3.05) is 0 Å². The van der Waals surface area contributed by atoms with Gasteiger partial charge in [0.25, 0.3) is 0 Å². The molecule has 14 nitrogen and oxygen atoms in total. The maximum atomic E-state index is 6.53. The lowest BCUT2D eigenvalue weighted by Gasteiger charge is -2.14. The molecule has 14 rings (SSSR count). The van der Waals surface area contributed by atoms with Crippen molar-refractivity contribution in [2.45, 2.75) is 25.4 Å². The summed E-state index contributed by atoms with van der Waals surface area (Å²) in [5, 5.41) is 11.0. The van der Waals surface area contributed by atoms with Gasteiger partial charge >= 0.3 is 0 Å². The second-order valence-corrected chi connectivity index (χ2v) is 16.7. The van der Waals surface area contributed by atoms with Gasteiger partial charge in [-0.05, 0) is 109 Å². The molecule has 0 amide bonds. The first kappa shape index (κ1) is 38.0. The van der Waals surface area contributed by atoms with Crippen LogP contribution in [0.2, 0.25) is 0 Å². The number of para-hydroxylation sites is 2. The molecule has 0 saturated heterocycles. The highest BCUT2D eigenvalue weighted by atomic mass is 16.7. The first-order valence-corrected chi connectivity index (χ1v) is 22.3. The lowest BCUT2D eigenvalue weighted by molar-refractivity contribution is 0.0213. The van der Waals surface area contributed by atoms with Gasteiger partial charge < -0.3 is 23.5 Å². The van der Waals surface area contributed by atoms with E-state index < -0.39 is 12.6 Å². The molecule has 0 radical (unpaired) electrons. The summed E-state index contributed by atoms with van der Waals surface area (Å²) in [6.45, 7) is 0. The van der Waals surface area contributed by atoms with Crippen molar-refractivity contribution in [3.8, 4) is 57.4 Å². The van der Waals surface area contributed by atoms with Crippen molar-refractivity contribution in [1.82, 2.24) is 48.6 Å². The number of hydrogen-bond donors (Lipinski definition) is 0. The summed E-state index contributed by atoms with van der Waals surface area (Å²) in [5.74, 6) is 3.47. The third kappa shape index (κ3) is 6.18. The maximum Gasteiger partial charge on any atom is 0.247 e. The Morgan fingerprint density at radius 2 is 1.16 bits per heavy atom. The lowest BCUT2D eigenvalue weighted by atomic mass is 10.1. The Balaban J connectivity index is 0.743. The topological polar surface area (TPSA) is 134 Å². The first-order valence-electron chi connectivity index (χ1n) is 22.3. The molecule has 14 heteroatoms. The molecule has 0 N–H and O–H groups in total. The van der Waals surface area contributed by atoms with E-state index in [4.69, 9.17) is 33.9 Å². The van der Waals surface area contributed by atoms with Crippen LogP contribution < -0.4 is 18.9 Å². The zero-order chi connectivity index (χ0) is 44.7. The number of rotatable bonds is 9. The van der Waals surface area contributed by atoms with Gasteiger partial charge in [0.2, 0.25) is 18.5 Å². The normalized spacial score (nSPS) is 15.2. The molecule has 68 heavy (non-hydrogen) atoms. The lowest BCUT2D eigenvalue weighted by Crippen LogP contribution is -2.22. The van der Waals surface area contributed by atoms with E-state index in [2.05, 4.69) is 77.4 Å². The fraction of sp³-hybridized carbons (Fsp3) is 0.0741. The van der Waals surface area contributed by atoms with Crippen LogP contribution in [0.1, 0.15) is 11.1 Å². The highest BCUT2D eigenvalue weighted by Crippen LogP contribution is 2.42. The van der Waals surface area contributed by atoms with Crippen LogP contribution >= 0.6 is 0 Å². The first-order chi connectivity index (χ1) is 33.7. The van der Waals surface area contributed by atoms with Crippen LogP contribution in [0, 0.1) is 0 Å². The van der Waals surface area contributed by atoms with Gasteiger partial charge in [-0.15, -0.1) is 4.80 Å². The average Bonchev–Trinajstić information content (AvgIpc) is 4.26. The molecule has 12 aromatic rings. The van der Waals surface area contributed by atoms with Crippen molar-refractivity contribution in [3.63, 3.8) is 0 Å². The summed E-state index contributed by atoms with van der Waals surface area (Å²) in [6.07, 6.45) is 8.73. The Hall–Kier alpha value is -9.30. The molecule has 0 aliphatic carbocycles. The Labute approximate surface area is 386 Å². The molecule has 0 fully saturated rings. The summed E-state index contributed by atoms with van der Waals surface area (Å²) in [4.78, 5) is 21.0. The van der Waals surface area contributed by atoms with Gasteiger partial charge in [0.05, 0.1) is 58.9 Å². The van der Waals surface area contributed by atoms with Gasteiger partial charge in [0, 0.05) is 57.9 Å². The molecule has 2 aliphatic heterocycles. The fourth-order valence-corrected chi connectivity index (χ4v) is 9.73. The van der Waals surface area contributed by atoms with Crippen molar-refractivity contribution in [3.05, 3.63) is 194 Å². The third-order valence-electron chi connectivity index (χ3n) is 12.7. The minimum absolute atomic E-state index is 0.434. The monoisotopic (exact) mass is 888 g/mol. The Morgan fingerprint density at radius 1 is 0.500 bits per heavy atom. The van der Waals surface area contributed by atoms with Gasteiger partial charge in [0.15, 0.2) is 5.82 Å². The molecule has 4 aromatic carbocycles. The van der Waals surface area contributed by atoms with Crippen LogP contribution in [-0.2, 0) is 12.8 Å². The second kappa shape index (κ2) is 15.1. The van der Waals surface area contributed by atoms with Crippen molar-refractivity contribution in [2.24, 2.45) is 0 Å². The number of aromatic nitrogens is 10. The largest absolute Gasteiger partial charge is 0.455 e. The van der Waals surface area contributed by atoms with E-state index in [9.17, 15) is 0 Å². The summed E-state index contributed by atoms with van der Waals surface area (Å²) in [6, 6.07) is 50.8. The Bertz CT molecular complexity index is 3850. The standard InChI is InChI=1S/C54H36N10O4/c1-3-8-35(9-4-1)61-44-16-14-41(43-18-20-49(64-57-26-27-58-64)62(43)36-10-5-2-6-11-36)59-52(44)53-45(61)17-19-48(60-53)68-51-31-34-29-46-33(28-47(34)67-51)30-50(66-46)65-38-13-15-42-40(32-38)39-12-7-23-56-54(39)63(42)37-21-24-55-25-22-37/h1-29,32,50-51H,30-31H2. The van der Waals surface area contributed by atoms with E-state index in [1.165, 1.54) is 0 Å². The van der Waals surface area contributed by atoms with Crippen LogP contribution in [-0.4, -0.2) is 61.2 Å². The molecule has 10 heterocycles. The maximum absolute atomic E-state index is 6.53. The smallest absolute Gasteiger partial charge is 0.247 e. The van der Waals surface area contributed by atoms with E-state index >= 15 is 0 Å². The van der Waals surface area contributed by atoms with Crippen LogP contribution in [0.25, 0.3) is 78.3 Å². The average molecular weight is 889 g/mol. The molecule has 326 valence electrons.